The van der Waals surface area contributed by atoms with E-state index in [9.17, 15) is 14.4 Å². The van der Waals surface area contributed by atoms with Crippen LogP contribution in [0.5, 0.6) is 0 Å². The summed E-state index contributed by atoms with van der Waals surface area (Å²) in [6.45, 7) is 2.03. The van der Waals surface area contributed by atoms with Gasteiger partial charge in [0.15, 0.2) is 5.82 Å². The lowest BCUT2D eigenvalue weighted by molar-refractivity contribution is -0.123. The summed E-state index contributed by atoms with van der Waals surface area (Å²) in [5.74, 6) is -1.79. The lowest BCUT2D eigenvalue weighted by Crippen LogP contribution is -2.32. The van der Waals surface area contributed by atoms with Gasteiger partial charge in [-0.05, 0) is 18.8 Å². The summed E-state index contributed by atoms with van der Waals surface area (Å²) in [6, 6.07) is 1.21. The number of imide groups is 1. The highest BCUT2D eigenvalue weighted by molar-refractivity contribution is 6.22. The number of aromatic amines is 1. The monoisotopic (exact) mass is 263 g/mol. The Labute approximate surface area is 108 Å². The van der Waals surface area contributed by atoms with Crippen LogP contribution in [0.2, 0.25) is 0 Å². The van der Waals surface area contributed by atoms with Crippen molar-refractivity contribution in [2.75, 3.05) is 4.90 Å². The number of amides is 2. The average Bonchev–Trinajstić information content (AvgIpc) is 2.99. The van der Waals surface area contributed by atoms with E-state index in [0.717, 1.165) is 4.90 Å². The van der Waals surface area contributed by atoms with Crippen LogP contribution in [0, 0.1) is 17.8 Å². The largest absolute Gasteiger partial charge is 0.477 e. The Morgan fingerprint density at radius 2 is 1.95 bits per heavy atom. The summed E-state index contributed by atoms with van der Waals surface area (Å²) in [6.07, 6.45) is 1.42. The second-order valence-corrected chi connectivity index (χ2v) is 5.25. The summed E-state index contributed by atoms with van der Waals surface area (Å²) >= 11 is 0. The van der Waals surface area contributed by atoms with Crippen LogP contribution < -0.4 is 4.90 Å². The van der Waals surface area contributed by atoms with Crippen LogP contribution in [0.15, 0.2) is 6.07 Å². The molecule has 1 aliphatic carbocycles. The van der Waals surface area contributed by atoms with Crippen molar-refractivity contribution in [2.45, 2.75) is 19.8 Å². The highest BCUT2D eigenvalue weighted by Crippen LogP contribution is 2.43. The van der Waals surface area contributed by atoms with E-state index in [1.807, 2.05) is 6.92 Å². The first kappa shape index (κ1) is 11.9. The van der Waals surface area contributed by atoms with Gasteiger partial charge in [-0.25, -0.2) is 9.69 Å². The number of carboxylic acid groups (broad SMARTS) is 1. The molecule has 2 aliphatic rings. The Morgan fingerprint density at radius 1 is 1.37 bits per heavy atom. The number of nitrogens with zero attached hydrogens (tertiary/aromatic N) is 2. The van der Waals surface area contributed by atoms with Crippen LogP contribution >= 0.6 is 0 Å². The van der Waals surface area contributed by atoms with E-state index in [1.54, 1.807) is 0 Å². The molecule has 1 saturated carbocycles. The fraction of sp³-hybridized carbons (Fsp3) is 0.500. The fourth-order valence-electron chi connectivity index (χ4n) is 3.04. The molecular formula is C12H13N3O4. The van der Waals surface area contributed by atoms with Crippen molar-refractivity contribution in [3.05, 3.63) is 11.8 Å². The molecule has 1 aliphatic heterocycles. The normalized spacial score (nSPS) is 29.9. The van der Waals surface area contributed by atoms with E-state index in [4.69, 9.17) is 5.11 Å². The first-order chi connectivity index (χ1) is 8.99. The maximum atomic E-state index is 12.2. The zero-order chi connectivity index (χ0) is 13.7. The highest BCUT2D eigenvalue weighted by Gasteiger charge is 2.52. The van der Waals surface area contributed by atoms with Crippen LogP contribution in [-0.4, -0.2) is 33.1 Å². The number of carbonyl (C=O) groups excluding carboxylic acids is 2. The number of carboxylic acids is 1. The Kier molecular flexibility index (Phi) is 2.44. The molecule has 2 heterocycles. The van der Waals surface area contributed by atoms with Crippen LogP contribution in [0.3, 0.4) is 0 Å². The molecule has 1 aromatic rings. The predicted molar refractivity (Wildman–Crippen MR) is 63.4 cm³/mol. The molecule has 0 radical (unpaired) electrons. The molecule has 19 heavy (non-hydrogen) atoms. The lowest BCUT2D eigenvalue weighted by atomic mass is 10.00. The molecule has 1 aromatic heterocycles. The van der Waals surface area contributed by atoms with Crippen molar-refractivity contribution in [2.24, 2.45) is 17.8 Å². The van der Waals surface area contributed by atoms with E-state index in [-0.39, 0.29) is 35.2 Å². The maximum Gasteiger partial charge on any atom is 0.353 e. The summed E-state index contributed by atoms with van der Waals surface area (Å²) in [5, 5.41) is 14.9. The third kappa shape index (κ3) is 1.65. The van der Waals surface area contributed by atoms with Crippen molar-refractivity contribution in [3.8, 4) is 0 Å². The van der Waals surface area contributed by atoms with Gasteiger partial charge in [-0.2, -0.15) is 5.10 Å². The second-order valence-electron chi connectivity index (χ2n) is 5.25. The van der Waals surface area contributed by atoms with Crippen LogP contribution in [-0.2, 0) is 9.59 Å². The number of carbonyl (C=O) groups is 3. The van der Waals surface area contributed by atoms with Gasteiger partial charge < -0.3 is 5.11 Å². The van der Waals surface area contributed by atoms with Crippen molar-refractivity contribution in [1.82, 2.24) is 10.2 Å². The predicted octanol–water partition coefficient (Wildman–Crippen LogP) is 0.643. The minimum atomic E-state index is -1.17. The molecule has 2 fully saturated rings. The number of nitrogens with one attached hydrogen (secondary N) is 1. The third-order valence-electron chi connectivity index (χ3n) is 3.90. The SMILES string of the molecule is CC1CC2C(=O)N(c3cc(C(=O)O)[nH]n3)C(=O)C2C1. The smallest absolute Gasteiger partial charge is 0.353 e. The Morgan fingerprint density at radius 3 is 2.42 bits per heavy atom. The Balaban J connectivity index is 1.92. The van der Waals surface area contributed by atoms with E-state index in [1.165, 1.54) is 6.07 Å². The summed E-state index contributed by atoms with van der Waals surface area (Å²) in [4.78, 5) is 36.2. The average molecular weight is 263 g/mol. The third-order valence-corrected chi connectivity index (χ3v) is 3.90. The van der Waals surface area contributed by atoms with Crippen LogP contribution in [0.1, 0.15) is 30.3 Å². The Hall–Kier alpha value is -2.18. The maximum absolute atomic E-state index is 12.2. The minimum absolute atomic E-state index is 0.0782. The molecular weight excluding hydrogens is 250 g/mol. The Bertz CT molecular complexity index is 555. The van der Waals surface area contributed by atoms with Gasteiger partial charge >= 0.3 is 5.97 Å². The molecule has 2 N–H and O–H groups in total. The molecule has 2 unspecified atom stereocenters. The van der Waals surface area contributed by atoms with E-state index in [0.29, 0.717) is 18.8 Å². The van der Waals surface area contributed by atoms with Gasteiger partial charge in [0.25, 0.3) is 0 Å². The molecule has 3 rings (SSSR count). The molecule has 7 nitrogen and oxygen atoms in total. The lowest BCUT2D eigenvalue weighted by Gasteiger charge is -2.13. The quantitative estimate of drug-likeness (QED) is 0.762. The molecule has 0 aromatic carbocycles. The highest BCUT2D eigenvalue weighted by atomic mass is 16.4. The fourth-order valence-corrected chi connectivity index (χ4v) is 3.04. The molecule has 0 spiro atoms. The molecule has 7 heteroatoms. The molecule has 100 valence electrons. The summed E-state index contributed by atoms with van der Waals surface area (Å²) in [5.41, 5.74) is -0.138. The minimum Gasteiger partial charge on any atom is -0.477 e. The first-order valence-electron chi connectivity index (χ1n) is 6.15. The topological polar surface area (TPSA) is 103 Å². The number of rotatable bonds is 2. The molecule has 1 saturated heterocycles. The number of aromatic carboxylic acids is 1. The number of hydrogen-bond donors (Lipinski definition) is 2. The van der Waals surface area contributed by atoms with E-state index >= 15 is 0 Å². The second kappa shape index (κ2) is 3.91. The molecule has 2 amide bonds. The number of anilines is 1. The zero-order valence-electron chi connectivity index (χ0n) is 10.3. The van der Waals surface area contributed by atoms with E-state index < -0.39 is 5.97 Å². The van der Waals surface area contributed by atoms with Crippen LogP contribution in [0.25, 0.3) is 0 Å². The number of aromatic nitrogens is 2. The van der Waals surface area contributed by atoms with E-state index in [2.05, 4.69) is 10.2 Å². The van der Waals surface area contributed by atoms with Crippen molar-refractivity contribution in [3.63, 3.8) is 0 Å². The standard InChI is InChI=1S/C12H13N3O4/c1-5-2-6-7(3-5)11(17)15(10(6)16)9-4-8(12(18)19)13-14-9/h4-7H,2-3H2,1H3,(H,13,14)(H,18,19). The van der Waals surface area contributed by atoms with Gasteiger partial charge in [0.1, 0.15) is 5.69 Å². The van der Waals surface area contributed by atoms with Gasteiger partial charge in [-0.3, -0.25) is 14.7 Å². The first-order valence-corrected chi connectivity index (χ1v) is 6.15. The molecule has 2 atom stereocenters. The number of fused-ring (bicyclic) bond motifs is 1. The van der Waals surface area contributed by atoms with Gasteiger partial charge in [-0.15, -0.1) is 0 Å². The van der Waals surface area contributed by atoms with Crippen molar-refractivity contribution >= 4 is 23.6 Å². The van der Waals surface area contributed by atoms with Crippen molar-refractivity contribution < 1.29 is 19.5 Å². The summed E-state index contributed by atoms with van der Waals surface area (Å²) < 4.78 is 0. The van der Waals surface area contributed by atoms with Gasteiger partial charge in [0.05, 0.1) is 11.8 Å². The van der Waals surface area contributed by atoms with Gasteiger partial charge in [0.2, 0.25) is 11.8 Å². The number of H-pyrrole nitrogens is 1. The summed E-state index contributed by atoms with van der Waals surface area (Å²) in [7, 11) is 0. The van der Waals surface area contributed by atoms with Crippen LogP contribution in [0.4, 0.5) is 5.82 Å². The number of hydrogen-bond acceptors (Lipinski definition) is 4. The molecule has 0 bridgehead atoms. The van der Waals surface area contributed by atoms with Gasteiger partial charge in [0, 0.05) is 6.07 Å². The van der Waals surface area contributed by atoms with Gasteiger partial charge in [-0.1, -0.05) is 6.92 Å². The zero-order valence-corrected chi connectivity index (χ0v) is 10.3. The van der Waals surface area contributed by atoms with Crippen molar-refractivity contribution in [1.29, 1.82) is 0 Å².